The molecule has 0 aliphatic heterocycles. The van der Waals surface area contributed by atoms with Crippen LogP contribution in [0.25, 0.3) is 0 Å². The van der Waals surface area contributed by atoms with E-state index in [1.807, 2.05) is 20.8 Å². The van der Waals surface area contributed by atoms with Crippen molar-refractivity contribution in [1.82, 2.24) is 5.32 Å². The monoisotopic (exact) mass is 399 g/mol. The number of carboxylic acid groups (broad SMARTS) is 1. The first-order chi connectivity index (χ1) is 13.3. The largest absolute Gasteiger partial charge is 0.481 e. The number of hydrogen-bond acceptors (Lipinski definition) is 3. The number of carbonyl (C=O) groups excluding carboxylic acids is 1. The molecule has 0 aromatic rings. The van der Waals surface area contributed by atoms with Gasteiger partial charge in [-0.1, -0.05) is 83.5 Å². The van der Waals surface area contributed by atoms with E-state index in [1.165, 1.54) is 77.0 Å². The highest BCUT2D eigenvalue weighted by Gasteiger charge is 2.15. The molecule has 0 bridgehead atoms. The predicted octanol–water partition coefficient (Wildman–Crippen LogP) is 6.84. The summed E-state index contributed by atoms with van der Waals surface area (Å²) in [6, 6.07) is 0. The Balaban J connectivity index is 3.14. The minimum absolute atomic E-state index is 0.314. The average Bonchev–Trinajstić information content (AvgIpc) is 2.59. The van der Waals surface area contributed by atoms with E-state index in [0.717, 1.165) is 19.3 Å². The van der Waals surface area contributed by atoms with E-state index in [0.29, 0.717) is 13.0 Å². The van der Waals surface area contributed by atoms with Gasteiger partial charge in [0.05, 0.1) is 0 Å². The summed E-state index contributed by atoms with van der Waals surface area (Å²) < 4.78 is 5.20. The summed E-state index contributed by atoms with van der Waals surface area (Å²) in [7, 11) is 0. The highest BCUT2D eigenvalue weighted by Crippen LogP contribution is 2.13. The van der Waals surface area contributed by atoms with Crippen LogP contribution in [0.1, 0.15) is 124 Å². The third-order valence-electron chi connectivity index (χ3n) is 4.74. The molecule has 2 N–H and O–H groups in total. The van der Waals surface area contributed by atoms with Crippen LogP contribution in [0.3, 0.4) is 0 Å². The molecule has 0 heterocycles. The zero-order valence-corrected chi connectivity index (χ0v) is 18.7. The molecule has 0 unspecified atom stereocenters. The molecule has 0 saturated carbocycles. The van der Waals surface area contributed by atoms with Crippen LogP contribution >= 0.6 is 0 Å². The smallest absolute Gasteiger partial charge is 0.407 e. The fourth-order valence-corrected chi connectivity index (χ4v) is 3.20. The quantitative estimate of drug-likeness (QED) is 0.247. The predicted molar refractivity (Wildman–Crippen MR) is 116 cm³/mol. The minimum Gasteiger partial charge on any atom is -0.481 e. The van der Waals surface area contributed by atoms with Gasteiger partial charge in [0.2, 0.25) is 0 Å². The van der Waals surface area contributed by atoms with Gasteiger partial charge in [0.1, 0.15) is 5.60 Å². The molecule has 0 saturated heterocycles. The van der Waals surface area contributed by atoms with Gasteiger partial charge >= 0.3 is 12.1 Å². The van der Waals surface area contributed by atoms with E-state index < -0.39 is 11.6 Å². The van der Waals surface area contributed by atoms with E-state index in [-0.39, 0.29) is 6.09 Å². The van der Waals surface area contributed by atoms with Gasteiger partial charge in [0, 0.05) is 13.0 Å². The molecule has 0 atom stereocenters. The Labute approximate surface area is 173 Å². The van der Waals surface area contributed by atoms with E-state index in [2.05, 4.69) is 5.32 Å². The highest BCUT2D eigenvalue weighted by atomic mass is 16.6. The van der Waals surface area contributed by atoms with Gasteiger partial charge in [-0.2, -0.15) is 0 Å². The minimum atomic E-state index is -0.671. The molecule has 0 aromatic carbocycles. The lowest BCUT2D eigenvalue weighted by Crippen LogP contribution is -2.32. The Morgan fingerprint density at radius 1 is 0.679 bits per heavy atom. The van der Waals surface area contributed by atoms with Crippen LogP contribution in [-0.4, -0.2) is 29.3 Å². The number of hydrogen-bond donors (Lipinski definition) is 2. The summed E-state index contributed by atoms with van der Waals surface area (Å²) in [6.45, 7) is 6.33. The molecule has 0 radical (unpaired) electrons. The van der Waals surface area contributed by atoms with Crippen molar-refractivity contribution < 1.29 is 19.4 Å². The summed E-state index contributed by atoms with van der Waals surface area (Å²) in [6.07, 6.45) is 18.4. The Morgan fingerprint density at radius 2 is 1.04 bits per heavy atom. The Bertz CT molecular complexity index is 391. The third-order valence-corrected chi connectivity index (χ3v) is 4.74. The molecule has 0 aliphatic carbocycles. The van der Waals surface area contributed by atoms with Crippen molar-refractivity contribution in [3.8, 4) is 0 Å². The molecule has 0 aliphatic rings. The molecule has 166 valence electrons. The molecule has 0 fully saturated rings. The Kier molecular flexibility index (Phi) is 17.0. The van der Waals surface area contributed by atoms with Crippen LogP contribution in [0.5, 0.6) is 0 Å². The fourth-order valence-electron chi connectivity index (χ4n) is 3.20. The van der Waals surface area contributed by atoms with Gasteiger partial charge in [0.25, 0.3) is 0 Å². The van der Waals surface area contributed by atoms with Crippen molar-refractivity contribution in [2.24, 2.45) is 0 Å². The van der Waals surface area contributed by atoms with Crippen molar-refractivity contribution in [2.75, 3.05) is 6.54 Å². The number of aliphatic carboxylic acids is 1. The van der Waals surface area contributed by atoms with Crippen LogP contribution in [0.4, 0.5) is 4.79 Å². The zero-order chi connectivity index (χ0) is 21.1. The summed E-state index contributed by atoms with van der Waals surface area (Å²) in [5.41, 5.74) is -0.423. The summed E-state index contributed by atoms with van der Waals surface area (Å²) in [5.74, 6) is -0.671. The second-order valence-electron chi connectivity index (χ2n) is 8.88. The average molecular weight is 400 g/mol. The van der Waals surface area contributed by atoms with Gasteiger partial charge in [-0.25, -0.2) is 4.79 Å². The van der Waals surface area contributed by atoms with E-state index in [1.54, 1.807) is 0 Å². The van der Waals surface area contributed by atoms with Gasteiger partial charge in [-0.05, 0) is 33.6 Å². The van der Waals surface area contributed by atoms with Crippen molar-refractivity contribution in [1.29, 1.82) is 0 Å². The van der Waals surface area contributed by atoms with Gasteiger partial charge in [0.15, 0.2) is 0 Å². The molecular weight excluding hydrogens is 354 g/mol. The molecule has 5 nitrogen and oxygen atoms in total. The number of rotatable bonds is 18. The Morgan fingerprint density at radius 3 is 1.39 bits per heavy atom. The zero-order valence-electron chi connectivity index (χ0n) is 18.7. The Hall–Kier alpha value is -1.26. The van der Waals surface area contributed by atoms with Crippen LogP contribution in [0, 0.1) is 0 Å². The molecule has 0 spiro atoms. The van der Waals surface area contributed by atoms with E-state index >= 15 is 0 Å². The number of ether oxygens (including phenoxy) is 1. The second-order valence-corrected chi connectivity index (χ2v) is 8.88. The number of nitrogens with one attached hydrogen (secondary N) is 1. The van der Waals surface area contributed by atoms with Crippen LogP contribution < -0.4 is 5.32 Å². The summed E-state index contributed by atoms with van der Waals surface area (Å²) in [4.78, 5) is 21.9. The van der Waals surface area contributed by atoms with Gasteiger partial charge < -0.3 is 15.2 Å². The standard InChI is InChI=1S/C23H45NO4/c1-23(2,3)28-22(27)24-20-18-16-14-12-10-8-6-4-5-7-9-11-13-15-17-19-21(25)26/h4-20H2,1-3H3,(H,24,27)(H,25,26). The van der Waals surface area contributed by atoms with E-state index in [9.17, 15) is 9.59 Å². The summed E-state index contributed by atoms with van der Waals surface area (Å²) in [5, 5.41) is 11.4. The summed E-state index contributed by atoms with van der Waals surface area (Å²) >= 11 is 0. The lowest BCUT2D eigenvalue weighted by Gasteiger charge is -2.19. The first-order valence-electron chi connectivity index (χ1n) is 11.5. The van der Waals surface area contributed by atoms with Crippen molar-refractivity contribution in [3.63, 3.8) is 0 Å². The van der Waals surface area contributed by atoms with Crippen LogP contribution in [0.2, 0.25) is 0 Å². The lowest BCUT2D eigenvalue weighted by molar-refractivity contribution is -0.137. The molecular formula is C23H45NO4. The number of amides is 1. The van der Waals surface area contributed by atoms with Gasteiger partial charge in [-0.15, -0.1) is 0 Å². The fraction of sp³-hybridized carbons (Fsp3) is 0.913. The first kappa shape index (κ1) is 26.7. The topological polar surface area (TPSA) is 75.6 Å². The SMILES string of the molecule is CC(C)(C)OC(=O)NCCCCCCCCCCCCCCCCCC(=O)O. The van der Waals surface area contributed by atoms with E-state index in [4.69, 9.17) is 9.84 Å². The molecule has 0 rings (SSSR count). The number of unbranched alkanes of at least 4 members (excludes halogenated alkanes) is 14. The number of alkyl carbamates (subject to hydrolysis) is 1. The highest BCUT2D eigenvalue weighted by molar-refractivity contribution is 5.67. The lowest BCUT2D eigenvalue weighted by atomic mass is 10.0. The van der Waals surface area contributed by atoms with Gasteiger partial charge in [-0.3, -0.25) is 4.79 Å². The van der Waals surface area contributed by atoms with Crippen molar-refractivity contribution >= 4 is 12.1 Å². The molecule has 5 heteroatoms. The first-order valence-corrected chi connectivity index (χ1v) is 11.5. The molecule has 0 aromatic heterocycles. The number of carbonyl (C=O) groups is 2. The molecule has 28 heavy (non-hydrogen) atoms. The second kappa shape index (κ2) is 17.8. The van der Waals surface area contributed by atoms with Crippen molar-refractivity contribution in [3.05, 3.63) is 0 Å². The third kappa shape index (κ3) is 22.8. The normalized spacial score (nSPS) is 11.4. The van der Waals surface area contributed by atoms with Crippen LogP contribution in [0.15, 0.2) is 0 Å². The maximum absolute atomic E-state index is 11.5. The maximum atomic E-state index is 11.5. The molecule has 1 amide bonds. The number of carboxylic acids is 1. The van der Waals surface area contributed by atoms with Crippen LogP contribution in [-0.2, 0) is 9.53 Å². The maximum Gasteiger partial charge on any atom is 0.407 e. The van der Waals surface area contributed by atoms with Crippen molar-refractivity contribution in [2.45, 2.75) is 129 Å².